The maximum atomic E-state index is 13.6. The van der Waals surface area contributed by atoms with Crippen LogP contribution in [0.1, 0.15) is 84.4 Å². The van der Waals surface area contributed by atoms with Crippen LogP contribution in [0.5, 0.6) is 5.75 Å². The molecule has 0 saturated carbocycles. The molecule has 238 valence electrons. The van der Waals surface area contributed by atoms with Crippen LogP contribution in [-0.2, 0) is 10.9 Å². The first-order valence-electron chi connectivity index (χ1n) is 14.8. The Morgan fingerprint density at radius 1 is 1.13 bits per heavy atom. The largest absolute Gasteiger partial charge is 0.496 e. The molecule has 1 fully saturated rings. The summed E-state index contributed by atoms with van der Waals surface area (Å²) in [6.45, 7) is 9.72. The van der Waals surface area contributed by atoms with E-state index >= 15 is 0 Å². The number of carbonyl (C=O) groups excluding carboxylic acids is 1. The van der Waals surface area contributed by atoms with Gasteiger partial charge in [0, 0.05) is 23.9 Å². The number of benzene rings is 2. The van der Waals surface area contributed by atoms with Gasteiger partial charge in [-0.1, -0.05) is 31.5 Å². The minimum Gasteiger partial charge on any atom is -0.496 e. The maximum absolute atomic E-state index is 13.6. The molecule has 1 aliphatic heterocycles. The Hall–Kier alpha value is -4.34. The lowest BCUT2D eigenvalue weighted by Gasteiger charge is -2.36. The van der Waals surface area contributed by atoms with Gasteiger partial charge in [0.15, 0.2) is 5.69 Å². The van der Waals surface area contributed by atoms with Crippen LogP contribution in [-0.4, -0.2) is 46.7 Å². The minimum absolute atomic E-state index is 0.00258. The molecule has 3 aromatic rings. The molecule has 0 radical (unpaired) electrons. The number of ether oxygens (including phenoxy) is 2. The standard InChI is InChI=1S/C35H37F3N2O5/c1-19-11-23(14-26(12-19)35(36,37)38)31-21(3)40(33(43)45-31)18-25-16-34(4,5)10-9-27(25)28-15-22(7-8-29(28)44-6)24-13-20(2)30(32(41)42)39-17-24/h7-8,11-15,17,21,31H,9-10,16,18H2,1-6H3,(H,41,42)/t21-,31-/m0/s1. The lowest BCUT2D eigenvalue weighted by Crippen LogP contribution is -2.35. The lowest BCUT2D eigenvalue weighted by molar-refractivity contribution is -0.137. The molecule has 0 spiro atoms. The zero-order valence-corrected chi connectivity index (χ0v) is 26.2. The Morgan fingerprint density at radius 2 is 1.87 bits per heavy atom. The second-order valence-electron chi connectivity index (χ2n) is 12.8. The predicted octanol–water partition coefficient (Wildman–Crippen LogP) is 8.64. The SMILES string of the molecule is COc1ccc(-c2cnc(C(=O)O)c(C)c2)cc1C1=C(CN2C(=O)O[C@H](c3cc(C)cc(C(F)(F)F)c3)[C@@H]2C)CC(C)(C)CC1. The minimum atomic E-state index is -4.51. The van der Waals surface area contributed by atoms with Gasteiger partial charge < -0.3 is 14.6 Å². The third kappa shape index (κ3) is 6.55. The normalized spacial score (nSPS) is 19.9. The van der Waals surface area contributed by atoms with Crippen molar-refractivity contribution in [3.63, 3.8) is 0 Å². The summed E-state index contributed by atoms with van der Waals surface area (Å²) in [4.78, 5) is 30.5. The van der Waals surface area contributed by atoms with E-state index in [4.69, 9.17) is 9.47 Å². The number of carbonyl (C=O) groups is 2. The number of nitrogens with zero attached hydrogens (tertiary/aromatic N) is 2. The predicted molar refractivity (Wildman–Crippen MR) is 164 cm³/mol. The molecule has 5 rings (SSSR count). The average molecular weight is 623 g/mol. The first kappa shape index (κ1) is 32.1. The Labute approximate surface area is 260 Å². The van der Waals surface area contributed by atoms with Gasteiger partial charge in [-0.05, 0) is 104 Å². The van der Waals surface area contributed by atoms with Crippen LogP contribution in [0.3, 0.4) is 0 Å². The second-order valence-corrected chi connectivity index (χ2v) is 12.8. The van der Waals surface area contributed by atoms with E-state index < -0.39 is 35.9 Å². The van der Waals surface area contributed by atoms with Crippen molar-refractivity contribution >= 4 is 17.6 Å². The fraction of sp³-hybridized carbons (Fsp3) is 0.400. The molecular weight excluding hydrogens is 585 g/mol. The van der Waals surface area contributed by atoms with Crippen molar-refractivity contribution < 1.29 is 37.3 Å². The number of pyridine rings is 1. The van der Waals surface area contributed by atoms with E-state index in [1.165, 1.54) is 0 Å². The number of amides is 1. The Morgan fingerprint density at radius 3 is 2.51 bits per heavy atom. The van der Waals surface area contributed by atoms with Crippen molar-refractivity contribution in [2.75, 3.05) is 13.7 Å². The number of rotatable bonds is 7. The van der Waals surface area contributed by atoms with Gasteiger partial charge in [0.2, 0.25) is 0 Å². The molecular formula is C35H37F3N2O5. The maximum Gasteiger partial charge on any atom is 0.416 e. The van der Waals surface area contributed by atoms with Crippen LogP contribution in [0, 0.1) is 19.3 Å². The highest BCUT2D eigenvalue weighted by Gasteiger charge is 2.42. The molecule has 2 aromatic carbocycles. The zero-order valence-electron chi connectivity index (χ0n) is 26.2. The Kier molecular flexibility index (Phi) is 8.46. The van der Waals surface area contributed by atoms with Crippen molar-refractivity contribution in [1.29, 1.82) is 0 Å². The second kappa shape index (κ2) is 11.9. The molecule has 2 heterocycles. The number of halogens is 3. The van der Waals surface area contributed by atoms with E-state index in [-0.39, 0.29) is 17.7 Å². The van der Waals surface area contributed by atoms with Crippen LogP contribution >= 0.6 is 0 Å². The fourth-order valence-corrected chi connectivity index (χ4v) is 6.48. The van der Waals surface area contributed by atoms with E-state index in [2.05, 4.69) is 18.8 Å². The molecule has 7 nitrogen and oxygen atoms in total. The summed E-state index contributed by atoms with van der Waals surface area (Å²) in [6.07, 6.45) is -2.06. The Bertz CT molecular complexity index is 1690. The van der Waals surface area contributed by atoms with Gasteiger partial charge in [-0.25, -0.2) is 14.6 Å². The number of aryl methyl sites for hydroxylation is 2. The molecule has 2 atom stereocenters. The number of allylic oxidation sites excluding steroid dienone is 1. The number of aromatic carboxylic acids is 1. The van der Waals surface area contributed by atoms with Gasteiger partial charge >= 0.3 is 18.2 Å². The van der Waals surface area contributed by atoms with Crippen molar-refractivity contribution in [2.45, 2.75) is 72.2 Å². The fourth-order valence-electron chi connectivity index (χ4n) is 6.48. The van der Waals surface area contributed by atoms with Gasteiger partial charge in [0.1, 0.15) is 11.9 Å². The molecule has 0 bridgehead atoms. The third-order valence-corrected chi connectivity index (χ3v) is 8.82. The molecule has 1 amide bonds. The lowest BCUT2D eigenvalue weighted by atomic mass is 9.72. The summed E-state index contributed by atoms with van der Waals surface area (Å²) in [5.41, 5.74) is 5.02. The van der Waals surface area contributed by atoms with E-state index in [1.54, 1.807) is 51.1 Å². The van der Waals surface area contributed by atoms with Gasteiger partial charge in [0.25, 0.3) is 0 Å². The summed E-state index contributed by atoms with van der Waals surface area (Å²) in [5, 5.41) is 9.41. The van der Waals surface area contributed by atoms with Crippen LogP contribution in [0.15, 0.2) is 54.2 Å². The van der Waals surface area contributed by atoms with Crippen LogP contribution in [0.4, 0.5) is 18.0 Å². The molecule has 1 aliphatic carbocycles. The molecule has 1 aromatic heterocycles. The van der Waals surface area contributed by atoms with Crippen molar-refractivity contribution in [1.82, 2.24) is 9.88 Å². The molecule has 1 saturated heterocycles. The number of methoxy groups -OCH3 is 1. The molecule has 10 heteroatoms. The van der Waals surface area contributed by atoms with Crippen LogP contribution in [0.2, 0.25) is 0 Å². The van der Waals surface area contributed by atoms with Gasteiger partial charge in [-0.15, -0.1) is 0 Å². The average Bonchev–Trinajstić information content (AvgIpc) is 3.24. The van der Waals surface area contributed by atoms with E-state index in [0.717, 1.165) is 52.8 Å². The zero-order chi connectivity index (χ0) is 32.8. The topological polar surface area (TPSA) is 89.0 Å². The van der Waals surface area contributed by atoms with E-state index in [0.29, 0.717) is 28.9 Å². The van der Waals surface area contributed by atoms with Crippen LogP contribution < -0.4 is 4.74 Å². The molecule has 45 heavy (non-hydrogen) atoms. The van der Waals surface area contributed by atoms with Gasteiger partial charge in [-0.2, -0.15) is 13.2 Å². The summed E-state index contributed by atoms with van der Waals surface area (Å²) in [6, 6.07) is 10.8. The number of aromatic nitrogens is 1. The summed E-state index contributed by atoms with van der Waals surface area (Å²) in [7, 11) is 1.60. The summed E-state index contributed by atoms with van der Waals surface area (Å²) in [5.74, 6) is -0.429. The quantitative estimate of drug-likeness (QED) is 0.284. The highest BCUT2D eigenvalue weighted by atomic mass is 19.4. The number of cyclic esters (lactones) is 1. The molecule has 2 aliphatic rings. The first-order valence-corrected chi connectivity index (χ1v) is 14.8. The number of hydrogen-bond donors (Lipinski definition) is 1. The van der Waals surface area contributed by atoms with Gasteiger partial charge in [0.05, 0.1) is 18.7 Å². The highest BCUT2D eigenvalue weighted by molar-refractivity contribution is 5.88. The number of hydrogen-bond acceptors (Lipinski definition) is 5. The van der Waals surface area contributed by atoms with E-state index in [9.17, 15) is 27.9 Å². The number of carboxylic acid groups (broad SMARTS) is 1. The van der Waals surface area contributed by atoms with Gasteiger partial charge in [-0.3, -0.25) is 4.90 Å². The Balaban J connectivity index is 1.53. The summed E-state index contributed by atoms with van der Waals surface area (Å²) < 4.78 is 52.2. The smallest absolute Gasteiger partial charge is 0.416 e. The van der Waals surface area contributed by atoms with Crippen LogP contribution in [0.25, 0.3) is 16.7 Å². The summed E-state index contributed by atoms with van der Waals surface area (Å²) >= 11 is 0. The van der Waals surface area contributed by atoms with Crippen molar-refractivity contribution in [2.24, 2.45) is 5.41 Å². The highest BCUT2D eigenvalue weighted by Crippen LogP contribution is 2.47. The van der Waals surface area contributed by atoms with E-state index in [1.807, 2.05) is 18.2 Å². The van der Waals surface area contributed by atoms with Crippen molar-refractivity contribution in [3.8, 4) is 16.9 Å². The van der Waals surface area contributed by atoms with Crippen molar-refractivity contribution in [3.05, 3.63) is 87.7 Å². The number of alkyl halides is 3. The third-order valence-electron chi connectivity index (χ3n) is 8.82. The number of carboxylic acids is 1. The molecule has 0 unspecified atom stereocenters. The first-order chi connectivity index (χ1) is 21.1. The monoisotopic (exact) mass is 622 g/mol. The molecule has 1 N–H and O–H groups in total.